The molecule has 2 amide bonds. The second kappa shape index (κ2) is 7.32. The first kappa shape index (κ1) is 14.9. The van der Waals surface area contributed by atoms with Crippen LogP contribution in [0.3, 0.4) is 0 Å². The molecule has 0 spiro atoms. The number of amides is 2. The van der Waals surface area contributed by atoms with Gasteiger partial charge in [-0.15, -0.1) is 0 Å². The number of benzene rings is 1. The summed E-state index contributed by atoms with van der Waals surface area (Å²) in [7, 11) is 0. The van der Waals surface area contributed by atoms with Crippen molar-refractivity contribution >= 4 is 29.0 Å². The van der Waals surface area contributed by atoms with E-state index in [9.17, 15) is 9.59 Å². The monoisotopic (exact) mass is 281 g/mol. The van der Waals surface area contributed by atoms with E-state index in [1.807, 2.05) is 0 Å². The smallest absolute Gasteiger partial charge is 0.257 e. The molecule has 0 saturated carbocycles. The largest absolute Gasteiger partial charge is 0.484 e. The minimum absolute atomic E-state index is 0.106. The van der Waals surface area contributed by atoms with Crippen molar-refractivity contribution in [3.05, 3.63) is 29.8 Å². The third-order valence-electron chi connectivity index (χ3n) is 2.20. The first-order valence-electron chi connectivity index (χ1n) is 5.56. The molecule has 0 aliphatic rings. The van der Waals surface area contributed by atoms with Crippen LogP contribution in [-0.2, 0) is 9.59 Å². The summed E-state index contributed by atoms with van der Waals surface area (Å²) < 4.78 is 5.25. The second-order valence-electron chi connectivity index (χ2n) is 3.74. The lowest BCUT2D eigenvalue weighted by Crippen LogP contribution is -2.31. The van der Waals surface area contributed by atoms with E-state index in [1.54, 1.807) is 24.3 Å². The highest BCUT2D eigenvalue weighted by molar-refractivity contribution is 7.80. The fourth-order valence-corrected chi connectivity index (χ4v) is 1.38. The molecule has 0 unspecified atom stereocenters. The Kier molecular flexibility index (Phi) is 5.74. The topological polar surface area (TPSA) is 107 Å². The molecule has 0 fully saturated rings. The minimum Gasteiger partial charge on any atom is -0.484 e. The molecule has 102 valence electrons. The average Bonchev–Trinajstić information content (AvgIpc) is 2.36. The Morgan fingerprint density at radius 3 is 2.37 bits per heavy atom. The van der Waals surface area contributed by atoms with Gasteiger partial charge in [0.25, 0.3) is 5.91 Å². The lowest BCUT2D eigenvalue weighted by Gasteiger charge is -2.07. The number of nitrogens with one attached hydrogen (secondary N) is 1. The van der Waals surface area contributed by atoms with Gasteiger partial charge in [-0.05, 0) is 24.3 Å². The molecule has 19 heavy (non-hydrogen) atoms. The molecule has 0 saturated heterocycles. The van der Waals surface area contributed by atoms with E-state index in [2.05, 4.69) is 5.32 Å². The average molecular weight is 281 g/mol. The van der Waals surface area contributed by atoms with Crippen molar-refractivity contribution < 1.29 is 14.3 Å². The van der Waals surface area contributed by atoms with Gasteiger partial charge in [0.15, 0.2) is 6.61 Å². The molecule has 0 aliphatic heterocycles. The van der Waals surface area contributed by atoms with Gasteiger partial charge in [-0.3, -0.25) is 9.59 Å². The fourth-order valence-electron chi connectivity index (χ4n) is 1.24. The molecule has 6 nitrogen and oxygen atoms in total. The molecule has 0 atom stereocenters. The molecular formula is C12H15N3O3S. The molecular weight excluding hydrogens is 266 g/mol. The van der Waals surface area contributed by atoms with Crippen molar-refractivity contribution in [3.63, 3.8) is 0 Å². The van der Waals surface area contributed by atoms with E-state index >= 15 is 0 Å². The predicted molar refractivity (Wildman–Crippen MR) is 74.6 cm³/mol. The van der Waals surface area contributed by atoms with Crippen LogP contribution >= 0.6 is 12.2 Å². The van der Waals surface area contributed by atoms with E-state index in [1.165, 1.54) is 0 Å². The highest BCUT2D eigenvalue weighted by Crippen LogP contribution is 2.11. The summed E-state index contributed by atoms with van der Waals surface area (Å²) in [6.45, 7) is 0.0725. The van der Waals surface area contributed by atoms with Gasteiger partial charge in [0.2, 0.25) is 5.91 Å². The third-order valence-corrected chi connectivity index (χ3v) is 2.44. The zero-order valence-electron chi connectivity index (χ0n) is 10.2. The van der Waals surface area contributed by atoms with Gasteiger partial charge >= 0.3 is 0 Å². The molecule has 5 N–H and O–H groups in total. The van der Waals surface area contributed by atoms with Crippen LogP contribution in [0.25, 0.3) is 0 Å². The zero-order chi connectivity index (χ0) is 14.3. The van der Waals surface area contributed by atoms with Gasteiger partial charge in [-0.1, -0.05) is 12.2 Å². The molecule has 0 aliphatic carbocycles. The maximum absolute atomic E-state index is 11.3. The van der Waals surface area contributed by atoms with Crippen LogP contribution in [0.2, 0.25) is 0 Å². The van der Waals surface area contributed by atoms with Crippen LogP contribution in [0.5, 0.6) is 5.75 Å². The Bertz CT molecular complexity index is 474. The summed E-state index contributed by atoms with van der Waals surface area (Å²) in [5, 5.41) is 2.51. The lowest BCUT2D eigenvalue weighted by atomic mass is 10.2. The Balaban J connectivity index is 2.33. The zero-order valence-corrected chi connectivity index (χ0v) is 11.0. The normalized spacial score (nSPS) is 9.68. The molecule has 0 heterocycles. The second-order valence-corrected chi connectivity index (χ2v) is 4.18. The molecule has 1 rings (SSSR count). The Morgan fingerprint density at radius 2 is 1.84 bits per heavy atom. The predicted octanol–water partition coefficient (Wildman–Crippen LogP) is -0.309. The number of hydrogen-bond donors (Lipinski definition) is 3. The van der Waals surface area contributed by atoms with Crippen molar-refractivity contribution in [2.24, 2.45) is 11.5 Å². The molecule has 0 aromatic heterocycles. The maximum Gasteiger partial charge on any atom is 0.257 e. The Labute approximate surface area is 116 Å². The van der Waals surface area contributed by atoms with E-state index < -0.39 is 5.91 Å². The van der Waals surface area contributed by atoms with Crippen LogP contribution in [0.1, 0.15) is 12.0 Å². The number of ether oxygens (including phenoxy) is 1. The summed E-state index contributed by atoms with van der Waals surface area (Å²) >= 11 is 4.82. The molecule has 1 aromatic carbocycles. The summed E-state index contributed by atoms with van der Waals surface area (Å²) in [6, 6.07) is 6.77. The van der Waals surface area contributed by atoms with Crippen molar-refractivity contribution in [3.8, 4) is 5.75 Å². The summed E-state index contributed by atoms with van der Waals surface area (Å²) in [4.78, 5) is 22.1. The van der Waals surface area contributed by atoms with E-state index in [0.29, 0.717) is 10.7 Å². The number of primary amides is 1. The van der Waals surface area contributed by atoms with Crippen molar-refractivity contribution in [1.29, 1.82) is 0 Å². The van der Waals surface area contributed by atoms with Crippen molar-refractivity contribution in [2.45, 2.75) is 6.42 Å². The van der Waals surface area contributed by atoms with Crippen LogP contribution in [0.15, 0.2) is 24.3 Å². The first-order valence-corrected chi connectivity index (χ1v) is 5.97. The van der Waals surface area contributed by atoms with Gasteiger partial charge in [-0.25, -0.2) is 0 Å². The molecule has 7 heteroatoms. The number of carbonyl (C=O) groups is 2. The standard InChI is InChI=1S/C12H15N3O3S/c13-10(16)5-6-15-11(17)7-18-9-3-1-8(2-4-9)12(14)19/h1-4H,5-7H2,(H2,13,16)(H2,14,19)(H,15,17). The molecule has 0 bridgehead atoms. The summed E-state index contributed by atoms with van der Waals surface area (Å²) in [5.74, 6) is -0.251. The number of carbonyl (C=O) groups excluding carboxylic acids is 2. The molecule has 1 aromatic rings. The highest BCUT2D eigenvalue weighted by atomic mass is 32.1. The van der Waals surface area contributed by atoms with Crippen LogP contribution in [0.4, 0.5) is 0 Å². The third kappa shape index (κ3) is 5.82. The van der Waals surface area contributed by atoms with Crippen molar-refractivity contribution in [2.75, 3.05) is 13.2 Å². The van der Waals surface area contributed by atoms with Crippen LogP contribution < -0.4 is 21.5 Å². The van der Waals surface area contributed by atoms with E-state index in [4.69, 9.17) is 28.4 Å². The quantitative estimate of drug-likeness (QED) is 0.594. The van der Waals surface area contributed by atoms with Gasteiger partial charge in [0.1, 0.15) is 10.7 Å². The van der Waals surface area contributed by atoms with Crippen molar-refractivity contribution in [1.82, 2.24) is 5.32 Å². The van der Waals surface area contributed by atoms with Crippen LogP contribution in [0, 0.1) is 0 Å². The lowest BCUT2D eigenvalue weighted by molar-refractivity contribution is -0.123. The van der Waals surface area contributed by atoms with E-state index in [-0.39, 0.29) is 25.5 Å². The van der Waals surface area contributed by atoms with Gasteiger partial charge in [0.05, 0.1) is 0 Å². The summed E-state index contributed by atoms with van der Waals surface area (Å²) in [6.07, 6.45) is 0.106. The van der Waals surface area contributed by atoms with E-state index in [0.717, 1.165) is 5.56 Å². The molecule has 0 radical (unpaired) electrons. The maximum atomic E-state index is 11.3. The van der Waals surface area contributed by atoms with Crippen LogP contribution in [-0.4, -0.2) is 30.0 Å². The van der Waals surface area contributed by atoms with Gasteiger partial charge < -0.3 is 21.5 Å². The fraction of sp³-hybridized carbons (Fsp3) is 0.250. The van der Waals surface area contributed by atoms with Gasteiger partial charge in [0, 0.05) is 18.5 Å². The minimum atomic E-state index is -0.463. The number of hydrogen-bond acceptors (Lipinski definition) is 4. The Hall–Kier alpha value is -2.15. The first-order chi connectivity index (χ1) is 8.99. The Morgan fingerprint density at radius 1 is 1.21 bits per heavy atom. The van der Waals surface area contributed by atoms with Gasteiger partial charge in [-0.2, -0.15) is 0 Å². The highest BCUT2D eigenvalue weighted by Gasteiger charge is 2.03. The summed E-state index contributed by atoms with van der Waals surface area (Å²) in [5.41, 5.74) is 11.1. The SMILES string of the molecule is NC(=O)CCNC(=O)COc1ccc(C(N)=S)cc1. The number of rotatable bonds is 7. The number of nitrogens with two attached hydrogens (primary N) is 2. The number of thiocarbonyl (C=S) groups is 1.